The summed E-state index contributed by atoms with van der Waals surface area (Å²) in [7, 11) is 0. The van der Waals surface area contributed by atoms with Gasteiger partial charge in [0.15, 0.2) is 0 Å². The zero-order chi connectivity index (χ0) is 19.8. The molecule has 0 spiro atoms. The summed E-state index contributed by atoms with van der Waals surface area (Å²) in [5.74, 6) is 0.789. The number of ether oxygens (including phenoxy) is 1. The van der Waals surface area contributed by atoms with E-state index in [0.29, 0.717) is 18.1 Å². The third kappa shape index (κ3) is 3.89. The van der Waals surface area contributed by atoms with Gasteiger partial charge in [-0.3, -0.25) is 9.80 Å². The Morgan fingerprint density at radius 1 is 1.07 bits per heavy atom. The average Bonchev–Trinajstić information content (AvgIpc) is 3.02. The van der Waals surface area contributed by atoms with Crippen LogP contribution in [0.25, 0.3) is 0 Å². The Kier molecular flexibility index (Phi) is 5.85. The molecule has 28 heavy (non-hydrogen) atoms. The van der Waals surface area contributed by atoms with Gasteiger partial charge in [0.25, 0.3) is 0 Å². The van der Waals surface area contributed by atoms with Gasteiger partial charge >= 0.3 is 0 Å². The van der Waals surface area contributed by atoms with Crippen molar-refractivity contribution >= 4 is 0 Å². The fraction of sp³-hybridized carbons (Fsp3) is 0.750. The average molecular weight is 387 g/mol. The number of benzene rings is 1. The molecule has 2 aliphatic carbocycles. The molecule has 1 aromatic carbocycles. The van der Waals surface area contributed by atoms with Crippen LogP contribution >= 0.6 is 0 Å². The summed E-state index contributed by atoms with van der Waals surface area (Å²) in [6.45, 7) is 13.7. The highest BCUT2D eigenvalue weighted by atomic mass is 16.5. The normalized spacial score (nSPS) is 34.0. The maximum atomic E-state index is 10.6. The molecule has 1 aliphatic heterocycles. The van der Waals surface area contributed by atoms with Crippen LogP contribution in [0, 0.1) is 16.7 Å². The quantitative estimate of drug-likeness (QED) is 0.779. The van der Waals surface area contributed by atoms with Crippen LogP contribution in [0.1, 0.15) is 45.6 Å². The van der Waals surface area contributed by atoms with Crippen LogP contribution in [0.2, 0.25) is 0 Å². The number of rotatable bonds is 7. The lowest BCUT2D eigenvalue weighted by Gasteiger charge is -2.39. The van der Waals surface area contributed by atoms with E-state index in [4.69, 9.17) is 4.74 Å². The maximum Gasteiger partial charge on any atom is 0.0900 e. The predicted molar refractivity (Wildman–Crippen MR) is 113 cm³/mol. The van der Waals surface area contributed by atoms with Gasteiger partial charge in [0, 0.05) is 39.3 Å². The Balaban J connectivity index is 1.18. The van der Waals surface area contributed by atoms with E-state index in [9.17, 15) is 5.11 Å². The number of piperazine rings is 1. The van der Waals surface area contributed by atoms with Crippen LogP contribution in [-0.2, 0) is 11.3 Å². The first-order valence-electron chi connectivity index (χ1n) is 11.2. The van der Waals surface area contributed by atoms with Gasteiger partial charge in [-0.1, -0.05) is 51.1 Å². The number of aliphatic hydroxyl groups excluding tert-OH is 1. The van der Waals surface area contributed by atoms with Crippen LogP contribution in [0.3, 0.4) is 0 Å². The molecular weight excluding hydrogens is 348 g/mol. The summed E-state index contributed by atoms with van der Waals surface area (Å²) in [6.07, 6.45) is 3.73. The SMILES string of the molecule is CC1(C)C2CCC1(C)C(OCC(O)CN1CCN(Cc3ccccc3)CC1)C2. The minimum Gasteiger partial charge on any atom is -0.389 e. The van der Waals surface area contributed by atoms with Gasteiger partial charge in [0.1, 0.15) is 0 Å². The van der Waals surface area contributed by atoms with Crippen molar-refractivity contribution in [1.82, 2.24) is 9.80 Å². The molecule has 1 N–H and O–H groups in total. The second-order valence-corrected chi connectivity index (χ2v) is 10.1. The van der Waals surface area contributed by atoms with Crippen molar-refractivity contribution in [1.29, 1.82) is 0 Å². The van der Waals surface area contributed by atoms with Crippen molar-refractivity contribution in [3.8, 4) is 0 Å². The summed E-state index contributed by atoms with van der Waals surface area (Å²) >= 11 is 0. The van der Waals surface area contributed by atoms with Crippen LogP contribution < -0.4 is 0 Å². The lowest BCUT2D eigenvalue weighted by Crippen LogP contribution is -2.49. The van der Waals surface area contributed by atoms with Gasteiger partial charge in [0.05, 0.1) is 18.8 Å². The summed E-state index contributed by atoms with van der Waals surface area (Å²) in [6, 6.07) is 10.7. The van der Waals surface area contributed by atoms with E-state index < -0.39 is 0 Å². The fourth-order valence-corrected chi connectivity index (χ4v) is 5.93. The van der Waals surface area contributed by atoms with E-state index in [0.717, 1.165) is 45.2 Å². The monoisotopic (exact) mass is 386 g/mol. The van der Waals surface area contributed by atoms with Crippen molar-refractivity contribution in [2.45, 2.75) is 58.8 Å². The largest absolute Gasteiger partial charge is 0.389 e. The first kappa shape index (κ1) is 20.3. The summed E-state index contributed by atoms with van der Waals surface area (Å²) in [5.41, 5.74) is 2.03. The molecule has 0 aromatic heterocycles. The zero-order valence-corrected chi connectivity index (χ0v) is 17.9. The van der Waals surface area contributed by atoms with E-state index in [-0.39, 0.29) is 11.5 Å². The van der Waals surface area contributed by atoms with Crippen LogP contribution in [0.5, 0.6) is 0 Å². The molecule has 4 heteroatoms. The molecule has 156 valence electrons. The first-order valence-corrected chi connectivity index (χ1v) is 11.2. The van der Waals surface area contributed by atoms with Crippen molar-refractivity contribution in [2.24, 2.45) is 16.7 Å². The van der Waals surface area contributed by atoms with Crippen molar-refractivity contribution < 1.29 is 9.84 Å². The van der Waals surface area contributed by atoms with E-state index in [1.54, 1.807) is 0 Å². The molecule has 2 saturated carbocycles. The number of β-amino-alcohol motifs (C(OH)–C–C–N with tert-alkyl or cyclic N) is 1. The number of fused-ring (bicyclic) bond motifs is 2. The number of nitrogens with zero attached hydrogens (tertiary/aromatic N) is 2. The summed E-state index contributed by atoms with van der Waals surface area (Å²) in [4.78, 5) is 4.90. The highest BCUT2D eigenvalue weighted by Crippen LogP contribution is 2.66. The second-order valence-electron chi connectivity index (χ2n) is 10.1. The van der Waals surface area contributed by atoms with Crippen LogP contribution in [-0.4, -0.2) is 66.4 Å². The molecule has 4 unspecified atom stereocenters. The lowest BCUT2D eigenvalue weighted by molar-refractivity contribution is -0.0807. The molecule has 4 rings (SSSR count). The molecule has 1 heterocycles. The minimum absolute atomic E-state index is 0.278. The third-order valence-electron chi connectivity index (χ3n) is 8.39. The van der Waals surface area contributed by atoms with E-state index in [1.807, 2.05) is 0 Å². The number of hydrogen-bond acceptors (Lipinski definition) is 4. The Morgan fingerprint density at radius 2 is 1.75 bits per heavy atom. The molecule has 1 aromatic rings. The Labute approximate surface area is 170 Å². The van der Waals surface area contributed by atoms with Crippen molar-refractivity contribution in [2.75, 3.05) is 39.3 Å². The molecule has 0 radical (unpaired) electrons. The zero-order valence-electron chi connectivity index (χ0n) is 17.9. The highest BCUT2D eigenvalue weighted by Gasteiger charge is 2.61. The van der Waals surface area contributed by atoms with Gasteiger partial charge in [-0.25, -0.2) is 0 Å². The molecule has 2 bridgehead atoms. The molecule has 4 nitrogen and oxygen atoms in total. The maximum absolute atomic E-state index is 10.6. The molecule has 4 atom stereocenters. The molecule has 3 aliphatic rings. The second kappa shape index (κ2) is 8.06. The van der Waals surface area contributed by atoms with Gasteiger partial charge < -0.3 is 9.84 Å². The van der Waals surface area contributed by atoms with Gasteiger partial charge in [0.2, 0.25) is 0 Å². The van der Waals surface area contributed by atoms with Crippen LogP contribution in [0.4, 0.5) is 0 Å². The van der Waals surface area contributed by atoms with Gasteiger partial charge in [-0.05, 0) is 41.6 Å². The highest BCUT2D eigenvalue weighted by molar-refractivity contribution is 5.14. The van der Waals surface area contributed by atoms with Crippen molar-refractivity contribution in [3.05, 3.63) is 35.9 Å². The number of aliphatic hydroxyl groups is 1. The standard InChI is InChI=1S/C24H38N2O2/c1-23(2)20-9-10-24(23,3)22(15-20)28-18-21(27)17-26-13-11-25(12-14-26)16-19-7-5-4-6-8-19/h4-8,20-22,27H,9-18H2,1-3H3. The Hall–Kier alpha value is -0.940. The minimum atomic E-state index is -0.383. The van der Waals surface area contributed by atoms with Gasteiger partial charge in [-0.2, -0.15) is 0 Å². The van der Waals surface area contributed by atoms with Gasteiger partial charge in [-0.15, -0.1) is 0 Å². The Bertz CT molecular complexity index is 641. The lowest BCUT2D eigenvalue weighted by atomic mass is 9.70. The number of hydrogen-bond donors (Lipinski definition) is 1. The Morgan fingerprint density at radius 3 is 2.36 bits per heavy atom. The predicted octanol–water partition coefficient (Wildman–Crippen LogP) is 3.40. The summed E-state index contributed by atoms with van der Waals surface area (Å²) < 4.78 is 6.29. The fourth-order valence-electron chi connectivity index (χ4n) is 5.93. The smallest absolute Gasteiger partial charge is 0.0900 e. The van der Waals surface area contributed by atoms with E-state index in [1.165, 1.54) is 24.8 Å². The molecule has 0 amide bonds. The topological polar surface area (TPSA) is 35.9 Å². The first-order chi connectivity index (χ1) is 13.4. The molecule has 3 fully saturated rings. The molecule has 1 saturated heterocycles. The van der Waals surface area contributed by atoms with E-state index >= 15 is 0 Å². The van der Waals surface area contributed by atoms with E-state index in [2.05, 4.69) is 60.9 Å². The van der Waals surface area contributed by atoms with Crippen LogP contribution in [0.15, 0.2) is 30.3 Å². The third-order valence-corrected chi connectivity index (χ3v) is 8.39. The summed E-state index contributed by atoms with van der Waals surface area (Å²) in [5, 5.41) is 10.6. The van der Waals surface area contributed by atoms with Crippen molar-refractivity contribution in [3.63, 3.8) is 0 Å². The molecular formula is C24H38N2O2.